The van der Waals surface area contributed by atoms with Gasteiger partial charge >= 0.3 is 5.97 Å². The van der Waals surface area contributed by atoms with Gasteiger partial charge in [-0.1, -0.05) is 6.92 Å². The molecule has 4 aliphatic rings. The van der Waals surface area contributed by atoms with Crippen molar-refractivity contribution in [3.8, 4) is 0 Å². The lowest BCUT2D eigenvalue weighted by molar-refractivity contribution is -0.384. The smallest absolute Gasteiger partial charge is 0.356 e. The van der Waals surface area contributed by atoms with Gasteiger partial charge in [0.15, 0.2) is 0 Å². The number of β-lactam (4-membered cyclic amide) rings is 1. The lowest BCUT2D eigenvalue weighted by Gasteiger charge is -2.46. The number of esters is 1. The van der Waals surface area contributed by atoms with E-state index < -0.39 is 22.9 Å². The number of non-ortho nitro benzene ring substituents is 1. The van der Waals surface area contributed by atoms with Crippen LogP contribution in [0.5, 0.6) is 0 Å². The zero-order chi connectivity index (χ0) is 27.8. The van der Waals surface area contributed by atoms with Crippen molar-refractivity contribution >= 4 is 29.3 Å². The molecule has 4 heterocycles. The third-order valence-corrected chi connectivity index (χ3v) is 10.1. The molecule has 0 aliphatic carbocycles. The molecule has 1 amide bonds. The number of amides is 1. The quantitative estimate of drug-likeness (QED) is 0.177. The van der Waals surface area contributed by atoms with Crippen LogP contribution in [-0.2, 0) is 20.9 Å². The SMILES string of the molecule is CC(O)C1C(=O)N2C(C(=O)OCc3ccc([N+](=O)[O-])cc3)=C(SC3CC(C4CCNCC4)N(CO)C3)C(C)[C@@H]12. The Kier molecular flexibility index (Phi) is 8.29. The lowest BCUT2D eigenvalue weighted by atomic mass is 9.79. The number of carbonyl (C=O) groups is 2. The van der Waals surface area contributed by atoms with Gasteiger partial charge < -0.3 is 25.2 Å². The van der Waals surface area contributed by atoms with Crippen LogP contribution in [0.25, 0.3) is 0 Å². The van der Waals surface area contributed by atoms with Gasteiger partial charge in [0.05, 0.1) is 29.7 Å². The van der Waals surface area contributed by atoms with Crippen LogP contribution in [0.15, 0.2) is 34.9 Å². The second-order valence-corrected chi connectivity index (χ2v) is 12.4. The zero-order valence-corrected chi connectivity index (χ0v) is 23.0. The molecule has 0 spiro atoms. The number of likely N-dealkylation sites (tertiary alicyclic amines) is 1. The van der Waals surface area contributed by atoms with E-state index in [-0.39, 0.29) is 53.9 Å². The average Bonchev–Trinajstić information content (AvgIpc) is 3.44. The average molecular weight is 561 g/mol. The molecule has 4 aliphatic heterocycles. The monoisotopic (exact) mass is 560 g/mol. The van der Waals surface area contributed by atoms with E-state index in [1.165, 1.54) is 29.2 Å². The summed E-state index contributed by atoms with van der Waals surface area (Å²) in [4.78, 5) is 41.4. The Balaban J connectivity index is 1.35. The van der Waals surface area contributed by atoms with Crippen LogP contribution in [-0.4, -0.2) is 86.6 Å². The van der Waals surface area contributed by atoms with Gasteiger partial charge in [-0.2, -0.15) is 0 Å². The highest BCUT2D eigenvalue weighted by Gasteiger charge is 2.60. The molecule has 12 heteroatoms. The van der Waals surface area contributed by atoms with E-state index in [1.807, 2.05) is 6.92 Å². The summed E-state index contributed by atoms with van der Waals surface area (Å²) in [6, 6.07) is 5.75. The molecule has 0 aromatic heterocycles. The van der Waals surface area contributed by atoms with Crippen LogP contribution in [0.4, 0.5) is 5.69 Å². The fraction of sp³-hybridized carbons (Fsp3) is 0.630. The van der Waals surface area contributed by atoms with Gasteiger partial charge in [0.1, 0.15) is 12.3 Å². The van der Waals surface area contributed by atoms with Crippen molar-refractivity contribution < 1.29 is 29.5 Å². The fourth-order valence-electron chi connectivity index (χ4n) is 6.64. The summed E-state index contributed by atoms with van der Waals surface area (Å²) in [7, 11) is 0. The van der Waals surface area contributed by atoms with E-state index >= 15 is 0 Å². The first-order valence-corrected chi connectivity index (χ1v) is 14.5. The summed E-state index contributed by atoms with van der Waals surface area (Å²) in [5, 5.41) is 34.8. The second kappa shape index (κ2) is 11.5. The third-order valence-electron chi connectivity index (χ3n) is 8.63. The summed E-state index contributed by atoms with van der Waals surface area (Å²) in [6.07, 6.45) is 2.19. The number of carbonyl (C=O) groups excluding carboxylic acids is 2. The molecule has 212 valence electrons. The van der Waals surface area contributed by atoms with Gasteiger partial charge in [-0.05, 0) is 62.9 Å². The Morgan fingerprint density at radius 2 is 1.97 bits per heavy atom. The van der Waals surface area contributed by atoms with Gasteiger partial charge in [-0.25, -0.2) is 4.79 Å². The molecule has 0 bridgehead atoms. The van der Waals surface area contributed by atoms with Crippen LogP contribution < -0.4 is 5.32 Å². The van der Waals surface area contributed by atoms with Crippen LogP contribution in [0.1, 0.15) is 38.7 Å². The van der Waals surface area contributed by atoms with Crippen molar-refractivity contribution in [1.82, 2.24) is 15.1 Å². The first-order valence-electron chi connectivity index (χ1n) is 13.6. The van der Waals surface area contributed by atoms with Crippen LogP contribution >= 0.6 is 11.8 Å². The molecule has 3 saturated heterocycles. The number of nitro groups is 1. The number of rotatable bonds is 9. The lowest BCUT2D eigenvalue weighted by Crippen LogP contribution is -2.63. The first kappa shape index (κ1) is 28.0. The molecule has 0 radical (unpaired) electrons. The van der Waals surface area contributed by atoms with Crippen LogP contribution in [0, 0.1) is 27.9 Å². The zero-order valence-electron chi connectivity index (χ0n) is 22.2. The van der Waals surface area contributed by atoms with Gasteiger partial charge in [0, 0.05) is 40.8 Å². The highest BCUT2D eigenvalue weighted by Crippen LogP contribution is 2.52. The molecular weight excluding hydrogens is 524 g/mol. The van der Waals surface area contributed by atoms with Crippen molar-refractivity contribution in [2.75, 3.05) is 26.4 Å². The Labute approximate surface area is 231 Å². The van der Waals surface area contributed by atoms with Crippen LogP contribution in [0.2, 0.25) is 0 Å². The van der Waals surface area contributed by atoms with E-state index in [0.29, 0.717) is 18.0 Å². The Morgan fingerprint density at radius 1 is 1.28 bits per heavy atom. The molecule has 6 atom stereocenters. The van der Waals surface area contributed by atoms with Crippen molar-refractivity contribution in [1.29, 1.82) is 0 Å². The number of fused-ring (bicyclic) bond motifs is 1. The number of benzene rings is 1. The van der Waals surface area contributed by atoms with Gasteiger partial charge in [0.2, 0.25) is 5.91 Å². The maximum Gasteiger partial charge on any atom is 0.356 e. The summed E-state index contributed by atoms with van der Waals surface area (Å²) in [6.45, 7) is 6.14. The molecule has 5 unspecified atom stereocenters. The summed E-state index contributed by atoms with van der Waals surface area (Å²) in [5.41, 5.74) is 0.787. The number of nitro benzene ring substituents is 1. The summed E-state index contributed by atoms with van der Waals surface area (Å²) >= 11 is 1.60. The number of nitrogens with one attached hydrogen (secondary N) is 1. The Hall–Kier alpha value is -2.51. The van der Waals surface area contributed by atoms with Crippen molar-refractivity contribution in [2.45, 2.75) is 63.2 Å². The summed E-state index contributed by atoms with van der Waals surface area (Å²) < 4.78 is 5.62. The number of piperidine rings is 1. The van der Waals surface area contributed by atoms with E-state index in [4.69, 9.17) is 4.74 Å². The number of hydrogen-bond donors (Lipinski definition) is 3. The number of hydrogen-bond acceptors (Lipinski definition) is 10. The van der Waals surface area contributed by atoms with E-state index in [2.05, 4.69) is 10.2 Å². The Bertz CT molecular complexity index is 1140. The molecule has 1 aromatic carbocycles. The largest absolute Gasteiger partial charge is 0.456 e. The number of aliphatic hydroxyl groups excluding tert-OH is 2. The van der Waals surface area contributed by atoms with Crippen molar-refractivity contribution in [3.63, 3.8) is 0 Å². The van der Waals surface area contributed by atoms with E-state index in [1.54, 1.807) is 18.7 Å². The molecule has 11 nitrogen and oxygen atoms in total. The minimum Gasteiger partial charge on any atom is -0.456 e. The minimum absolute atomic E-state index is 0.0122. The highest BCUT2D eigenvalue weighted by atomic mass is 32.2. The van der Waals surface area contributed by atoms with Crippen LogP contribution in [0.3, 0.4) is 0 Å². The normalized spacial score (nSPS) is 30.3. The molecule has 5 rings (SSSR count). The molecule has 3 fully saturated rings. The predicted molar refractivity (Wildman–Crippen MR) is 144 cm³/mol. The maximum atomic E-state index is 13.5. The first-order chi connectivity index (χ1) is 18.7. The van der Waals surface area contributed by atoms with E-state index in [9.17, 15) is 29.9 Å². The molecule has 1 aromatic rings. The summed E-state index contributed by atoms with van der Waals surface area (Å²) in [5.74, 6) is -1.11. The molecule has 3 N–H and O–H groups in total. The second-order valence-electron chi connectivity index (χ2n) is 11.0. The minimum atomic E-state index is -0.830. The number of thioether (sulfide) groups is 1. The molecular formula is C27H36N4O7S. The Morgan fingerprint density at radius 3 is 2.59 bits per heavy atom. The topological polar surface area (TPSA) is 145 Å². The van der Waals surface area contributed by atoms with E-state index in [0.717, 1.165) is 37.3 Å². The molecule has 0 saturated carbocycles. The number of aliphatic hydroxyl groups is 2. The van der Waals surface area contributed by atoms with Gasteiger partial charge in [0.25, 0.3) is 5.69 Å². The van der Waals surface area contributed by atoms with Gasteiger partial charge in [-0.15, -0.1) is 11.8 Å². The highest BCUT2D eigenvalue weighted by molar-refractivity contribution is 8.03. The van der Waals surface area contributed by atoms with Gasteiger partial charge in [-0.3, -0.25) is 19.8 Å². The molecule has 39 heavy (non-hydrogen) atoms. The van der Waals surface area contributed by atoms with Crippen molar-refractivity contribution in [2.24, 2.45) is 17.8 Å². The predicted octanol–water partition coefficient (Wildman–Crippen LogP) is 1.83. The third kappa shape index (κ3) is 5.32. The number of ether oxygens (including phenoxy) is 1. The standard InChI is InChI=1S/C27H36N4O7S/c1-15-23-22(16(2)33)26(34)30(23)24(27(35)38-13-17-3-5-19(6-4-17)31(36)37)25(15)39-20-11-21(29(12-20)14-32)18-7-9-28-10-8-18/h3-6,15-16,18,20-23,28,32-33H,7-14H2,1-2H3/t15?,16?,20?,21?,22?,23-/m0/s1. The fourth-order valence-corrected chi connectivity index (χ4v) is 8.20. The van der Waals surface area contributed by atoms with Crippen molar-refractivity contribution in [3.05, 3.63) is 50.5 Å². The number of nitrogens with zero attached hydrogens (tertiary/aromatic N) is 3. The maximum absolute atomic E-state index is 13.5.